The molecule has 16 heavy (non-hydrogen) atoms. The Labute approximate surface area is 98.3 Å². The summed E-state index contributed by atoms with van der Waals surface area (Å²) in [4.78, 5) is 0. The molecule has 1 heteroatoms. The molecule has 86 valence electrons. The second-order valence-corrected chi connectivity index (χ2v) is 5.74. The van der Waals surface area contributed by atoms with Crippen LogP contribution in [0.15, 0.2) is 30.3 Å². The van der Waals surface area contributed by atoms with Gasteiger partial charge in [0.05, 0.1) is 0 Å². The molecule has 5 atom stereocenters. The zero-order valence-electron chi connectivity index (χ0n) is 10.2. The van der Waals surface area contributed by atoms with Crippen molar-refractivity contribution in [1.29, 1.82) is 0 Å². The number of hydrogen-bond acceptors (Lipinski definition) is 1. The fourth-order valence-electron chi connectivity index (χ4n) is 3.27. The van der Waals surface area contributed by atoms with Crippen molar-refractivity contribution in [1.82, 2.24) is 5.32 Å². The summed E-state index contributed by atoms with van der Waals surface area (Å²) in [5.41, 5.74) is 1.51. The van der Waals surface area contributed by atoms with Gasteiger partial charge in [0, 0.05) is 18.0 Å². The van der Waals surface area contributed by atoms with Crippen molar-refractivity contribution in [3.8, 4) is 0 Å². The second kappa shape index (κ2) is 3.89. The molecule has 3 rings (SSSR count). The van der Waals surface area contributed by atoms with E-state index < -0.39 is 0 Å². The molecule has 1 aromatic rings. The predicted molar refractivity (Wildman–Crippen MR) is 67.5 cm³/mol. The lowest BCUT2D eigenvalue weighted by atomic mass is 9.72. The average Bonchev–Trinajstić information content (AvgIpc) is 3.07. The van der Waals surface area contributed by atoms with Crippen molar-refractivity contribution >= 4 is 0 Å². The van der Waals surface area contributed by atoms with Crippen LogP contribution in [0.2, 0.25) is 0 Å². The van der Waals surface area contributed by atoms with Gasteiger partial charge in [0.2, 0.25) is 0 Å². The Bertz CT molecular complexity index is 351. The molecule has 1 nitrogen and oxygen atoms in total. The van der Waals surface area contributed by atoms with E-state index in [0.29, 0.717) is 0 Å². The van der Waals surface area contributed by atoms with Crippen molar-refractivity contribution in [2.75, 3.05) is 0 Å². The van der Waals surface area contributed by atoms with E-state index in [0.717, 1.165) is 29.8 Å². The standard InChI is InChI=1S/C15H21N/c1-10-8-11(2)15(10)16-14-9-13(14)12-6-4-3-5-7-12/h3-7,10-11,13-16H,8-9H2,1-2H3/t10-,11+,13-,14+,15?/m0/s1. The largest absolute Gasteiger partial charge is 0.310 e. The minimum atomic E-state index is 0.748. The molecule has 0 spiro atoms. The third kappa shape index (κ3) is 1.78. The summed E-state index contributed by atoms with van der Waals surface area (Å²) in [6.07, 6.45) is 2.74. The van der Waals surface area contributed by atoms with Crippen LogP contribution in [0.4, 0.5) is 0 Å². The van der Waals surface area contributed by atoms with Gasteiger partial charge >= 0.3 is 0 Å². The number of hydrogen-bond donors (Lipinski definition) is 1. The monoisotopic (exact) mass is 215 g/mol. The fourth-order valence-corrected chi connectivity index (χ4v) is 3.27. The van der Waals surface area contributed by atoms with Gasteiger partial charge in [-0.3, -0.25) is 0 Å². The van der Waals surface area contributed by atoms with E-state index in [4.69, 9.17) is 0 Å². The highest BCUT2D eigenvalue weighted by Gasteiger charge is 2.44. The lowest BCUT2D eigenvalue weighted by Gasteiger charge is -2.42. The van der Waals surface area contributed by atoms with E-state index in [1.165, 1.54) is 18.4 Å². The topological polar surface area (TPSA) is 12.0 Å². The highest BCUT2D eigenvalue weighted by atomic mass is 15.0. The molecule has 0 radical (unpaired) electrons. The van der Waals surface area contributed by atoms with Gasteiger partial charge in [-0.1, -0.05) is 44.2 Å². The Morgan fingerprint density at radius 2 is 1.69 bits per heavy atom. The maximum atomic E-state index is 3.84. The molecule has 2 fully saturated rings. The zero-order valence-corrected chi connectivity index (χ0v) is 10.2. The molecule has 0 aromatic heterocycles. The summed E-state index contributed by atoms with van der Waals surface area (Å²) in [6.45, 7) is 4.75. The SMILES string of the molecule is C[C@@H]1C[C@H](C)C1N[C@@H]1C[C@H]1c1ccccc1. The first kappa shape index (κ1) is 10.3. The minimum absolute atomic E-state index is 0.748. The molecule has 2 aliphatic rings. The summed E-state index contributed by atoms with van der Waals surface area (Å²) >= 11 is 0. The van der Waals surface area contributed by atoms with Crippen LogP contribution in [0.25, 0.3) is 0 Å². The molecular weight excluding hydrogens is 194 g/mol. The van der Waals surface area contributed by atoms with E-state index in [1.807, 2.05) is 0 Å². The van der Waals surface area contributed by atoms with Gasteiger partial charge in [0.25, 0.3) is 0 Å². The van der Waals surface area contributed by atoms with Crippen molar-refractivity contribution in [2.45, 2.75) is 44.7 Å². The molecule has 1 aromatic carbocycles. The van der Waals surface area contributed by atoms with Crippen LogP contribution in [0.5, 0.6) is 0 Å². The Morgan fingerprint density at radius 1 is 1.00 bits per heavy atom. The molecule has 0 bridgehead atoms. The summed E-state index contributed by atoms with van der Waals surface area (Å²) in [5, 5.41) is 3.84. The van der Waals surface area contributed by atoms with Gasteiger partial charge in [-0.05, 0) is 30.2 Å². The molecular formula is C15H21N. The summed E-state index contributed by atoms with van der Waals surface area (Å²) in [5.74, 6) is 2.54. The summed E-state index contributed by atoms with van der Waals surface area (Å²) < 4.78 is 0. The van der Waals surface area contributed by atoms with Gasteiger partial charge in [0.15, 0.2) is 0 Å². The normalized spacial score (nSPS) is 41.5. The molecule has 2 saturated carbocycles. The van der Waals surface area contributed by atoms with Gasteiger partial charge < -0.3 is 5.32 Å². The van der Waals surface area contributed by atoms with Crippen molar-refractivity contribution in [3.05, 3.63) is 35.9 Å². The van der Waals surface area contributed by atoms with Gasteiger partial charge in [-0.2, -0.15) is 0 Å². The molecule has 2 aliphatic carbocycles. The first-order valence-electron chi connectivity index (χ1n) is 6.56. The van der Waals surface area contributed by atoms with Crippen LogP contribution < -0.4 is 5.32 Å². The first-order valence-corrected chi connectivity index (χ1v) is 6.56. The molecule has 1 N–H and O–H groups in total. The van der Waals surface area contributed by atoms with Crippen LogP contribution in [-0.4, -0.2) is 12.1 Å². The average molecular weight is 215 g/mol. The predicted octanol–water partition coefficient (Wildman–Crippen LogP) is 3.18. The summed E-state index contributed by atoms with van der Waals surface area (Å²) in [7, 11) is 0. The Kier molecular flexibility index (Phi) is 2.51. The van der Waals surface area contributed by atoms with Gasteiger partial charge in [-0.25, -0.2) is 0 Å². The maximum absolute atomic E-state index is 3.84. The third-order valence-corrected chi connectivity index (χ3v) is 4.39. The Balaban J connectivity index is 1.57. The van der Waals surface area contributed by atoms with Crippen LogP contribution in [0, 0.1) is 11.8 Å². The van der Waals surface area contributed by atoms with E-state index in [2.05, 4.69) is 49.5 Å². The van der Waals surface area contributed by atoms with E-state index in [-0.39, 0.29) is 0 Å². The molecule has 0 saturated heterocycles. The Morgan fingerprint density at radius 3 is 2.31 bits per heavy atom. The maximum Gasteiger partial charge on any atom is 0.0146 e. The fraction of sp³-hybridized carbons (Fsp3) is 0.600. The van der Waals surface area contributed by atoms with Crippen molar-refractivity contribution < 1.29 is 0 Å². The van der Waals surface area contributed by atoms with E-state index in [9.17, 15) is 0 Å². The van der Waals surface area contributed by atoms with E-state index in [1.54, 1.807) is 0 Å². The van der Waals surface area contributed by atoms with Crippen LogP contribution in [-0.2, 0) is 0 Å². The van der Waals surface area contributed by atoms with Gasteiger partial charge in [-0.15, -0.1) is 0 Å². The van der Waals surface area contributed by atoms with Crippen LogP contribution in [0.1, 0.15) is 38.2 Å². The van der Waals surface area contributed by atoms with Crippen LogP contribution in [0.3, 0.4) is 0 Å². The van der Waals surface area contributed by atoms with Crippen molar-refractivity contribution in [2.24, 2.45) is 11.8 Å². The first-order chi connectivity index (χ1) is 7.75. The highest BCUT2D eigenvalue weighted by molar-refractivity contribution is 5.28. The zero-order chi connectivity index (χ0) is 11.1. The molecule has 0 amide bonds. The van der Waals surface area contributed by atoms with Crippen LogP contribution >= 0.6 is 0 Å². The second-order valence-electron chi connectivity index (χ2n) is 5.74. The number of nitrogens with one attached hydrogen (secondary N) is 1. The smallest absolute Gasteiger partial charge is 0.0146 e. The van der Waals surface area contributed by atoms with E-state index >= 15 is 0 Å². The number of benzene rings is 1. The lowest BCUT2D eigenvalue weighted by Crippen LogP contribution is -2.50. The lowest BCUT2D eigenvalue weighted by molar-refractivity contribution is 0.137. The minimum Gasteiger partial charge on any atom is -0.310 e. The number of rotatable bonds is 3. The van der Waals surface area contributed by atoms with Gasteiger partial charge in [0.1, 0.15) is 0 Å². The molecule has 0 heterocycles. The Hall–Kier alpha value is -0.820. The quantitative estimate of drug-likeness (QED) is 0.816. The summed E-state index contributed by atoms with van der Waals surface area (Å²) in [6, 6.07) is 12.5. The third-order valence-electron chi connectivity index (χ3n) is 4.39. The molecule has 1 unspecified atom stereocenters. The molecule has 0 aliphatic heterocycles. The van der Waals surface area contributed by atoms with Crippen molar-refractivity contribution in [3.63, 3.8) is 0 Å². The highest BCUT2D eigenvalue weighted by Crippen LogP contribution is 2.43.